The molecular weight excluding hydrogens is 220 g/mol. The molecule has 0 aromatic heterocycles. The number of hydrogen-bond acceptors (Lipinski definition) is 2. The van der Waals surface area contributed by atoms with Gasteiger partial charge in [0.15, 0.2) is 0 Å². The van der Waals surface area contributed by atoms with Gasteiger partial charge in [0.2, 0.25) is 0 Å². The number of para-hydroxylation sites is 1. The SMILES string of the molecule is CN(Nc1cccc(Cl)c1)c1ccccc1. The van der Waals surface area contributed by atoms with Crippen molar-refractivity contribution >= 4 is 23.0 Å². The minimum Gasteiger partial charge on any atom is -0.299 e. The quantitative estimate of drug-likeness (QED) is 0.810. The number of hydrazine groups is 1. The first kappa shape index (κ1) is 10.8. The van der Waals surface area contributed by atoms with E-state index < -0.39 is 0 Å². The first-order chi connectivity index (χ1) is 7.75. The predicted octanol–water partition coefficient (Wildman–Crippen LogP) is 3.80. The third kappa shape index (κ3) is 2.67. The van der Waals surface area contributed by atoms with Crippen LogP contribution in [0.3, 0.4) is 0 Å². The second-order valence-electron chi connectivity index (χ2n) is 3.52. The van der Waals surface area contributed by atoms with Gasteiger partial charge in [-0.15, -0.1) is 0 Å². The van der Waals surface area contributed by atoms with Crippen LogP contribution in [-0.2, 0) is 0 Å². The van der Waals surface area contributed by atoms with Gasteiger partial charge in [-0.1, -0.05) is 35.9 Å². The fourth-order valence-corrected chi connectivity index (χ4v) is 1.66. The third-order valence-corrected chi connectivity index (χ3v) is 2.50. The maximum absolute atomic E-state index is 5.92. The van der Waals surface area contributed by atoms with Gasteiger partial charge in [0.25, 0.3) is 0 Å². The van der Waals surface area contributed by atoms with Gasteiger partial charge >= 0.3 is 0 Å². The zero-order valence-electron chi connectivity index (χ0n) is 9.02. The molecule has 0 saturated heterocycles. The van der Waals surface area contributed by atoms with E-state index in [2.05, 4.69) is 5.43 Å². The molecule has 0 atom stereocenters. The van der Waals surface area contributed by atoms with Gasteiger partial charge in [0.05, 0.1) is 11.4 Å². The number of hydrogen-bond donors (Lipinski definition) is 1. The van der Waals surface area contributed by atoms with Crippen LogP contribution in [0.4, 0.5) is 11.4 Å². The van der Waals surface area contributed by atoms with E-state index in [1.165, 1.54) is 0 Å². The van der Waals surface area contributed by atoms with Gasteiger partial charge in [-0.25, -0.2) is 0 Å². The van der Waals surface area contributed by atoms with Crippen LogP contribution in [0.1, 0.15) is 0 Å². The van der Waals surface area contributed by atoms with Crippen LogP contribution in [0.2, 0.25) is 5.02 Å². The molecule has 0 unspecified atom stereocenters. The van der Waals surface area contributed by atoms with Crippen molar-refractivity contribution in [3.63, 3.8) is 0 Å². The molecule has 0 saturated carbocycles. The van der Waals surface area contributed by atoms with Crippen LogP contribution in [0.5, 0.6) is 0 Å². The summed E-state index contributed by atoms with van der Waals surface area (Å²) >= 11 is 5.92. The fourth-order valence-electron chi connectivity index (χ4n) is 1.47. The van der Waals surface area contributed by atoms with E-state index in [0.717, 1.165) is 16.4 Å². The highest BCUT2D eigenvalue weighted by Crippen LogP contribution is 2.17. The van der Waals surface area contributed by atoms with Gasteiger partial charge in [-0.05, 0) is 30.3 Å². The van der Waals surface area contributed by atoms with Gasteiger partial charge in [-0.3, -0.25) is 10.4 Å². The monoisotopic (exact) mass is 232 g/mol. The largest absolute Gasteiger partial charge is 0.299 e. The summed E-state index contributed by atoms with van der Waals surface area (Å²) in [5.41, 5.74) is 5.32. The van der Waals surface area contributed by atoms with Crippen molar-refractivity contribution in [2.45, 2.75) is 0 Å². The Morgan fingerprint density at radius 3 is 2.44 bits per heavy atom. The molecule has 0 radical (unpaired) electrons. The van der Waals surface area contributed by atoms with Crippen molar-refractivity contribution < 1.29 is 0 Å². The molecule has 16 heavy (non-hydrogen) atoms. The van der Waals surface area contributed by atoms with E-state index >= 15 is 0 Å². The Morgan fingerprint density at radius 1 is 1.00 bits per heavy atom. The second kappa shape index (κ2) is 4.90. The lowest BCUT2D eigenvalue weighted by molar-refractivity contribution is 1.09. The maximum Gasteiger partial charge on any atom is 0.0568 e. The Kier molecular flexibility index (Phi) is 3.32. The zero-order chi connectivity index (χ0) is 11.4. The molecule has 0 aliphatic carbocycles. The van der Waals surface area contributed by atoms with Crippen molar-refractivity contribution in [3.8, 4) is 0 Å². The summed E-state index contributed by atoms with van der Waals surface area (Å²) in [5.74, 6) is 0. The van der Waals surface area contributed by atoms with Gasteiger partial charge in [0.1, 0.15) is 0 Å². The van der Waals surface area contributed by atoms with Crippen LogP contribution >= 0.6 is 11.6 Å². The van der Waals surface area contributed by atoms with E-state index in [0.29, 0.717) is 0 Å². The lowest BCUT2D eigenvalue weighted by atomic mass is 10.3. The molecule has 0 aliphatic heterocycles. The Hall–Kier alpha value is -1.67. The molecular formula is C13H13ClN2. The lowest BCUT2D eigenvalue weighted by Crippen LogP contribution is -2.24. The number of rotatable bonds is 3. The van der Waals surface area contributed by atoms with E-state index in [-0.39, 0.29) is 0 Å². The average Bonchev–Trinajstić information content (AvgIpc) is 2.30. The Bertz CT molecular complexity index is 456. The summed E-state index contributed by atoms with van der Waals surface area (Å²) in [6.07, 6.45) is 0. The molecule has 2 aromatic rings. The molecule has 0 fully saturated rings. The highest BCUT2D eigenvalue weighted by molar-refractivity contribution is 6.30. The summed E-state index contributed by atoms with van der Waals surface area (Å²) in [7, 11) is 1.97. The van der Waals surface area contributed by atoms with Crippen LogP contribution in [0.15, 0.2) is 54.6 Å². The van der Waals surface area contributed by atoms with E-state index in [9.17, 15) is 0 Å². The minimum atomic E-state index is 0.728. The van der Waals surface area contributed by atoms with Crippen molar-refractivity contribution in [1.82, 2.24) is 0 Å². The number of nitrogens with zero attached hydrogens (tertiary/aromatic N) is 1. The molecule has 0 spiro atoms. The van der Waals surface area contributed by atoms with E-state index in [1.807, 2.05) is 66.7 Å². The normalized spacial score (nSPS) is 9.88. The van der Waals surface area contributed by atoms with E-state index in [4.69, 9.17) is 11.6 Å². The van der Waals surface area contributed by atoms with Gasteiger partial charge < -0.3 is 0 Å². The summed E-state index contributed by atoms with van der Waals surface area (Å²) in [6, 6.07) is 17.7. The highest BCUT2D eigenvalue weighted by atomic mass is 35.5. The van der Waals surface area contributed by atoms with Crippen LogP contribution in [0, 0.1) is 0 Å². The van der Waals surface area contributed by atoms with Crippen molar-refractivity contribution in [1.29, 1.82) is 0 Å². The van der Waals surface area contributed by atoms with Crippen molar-refractivity contribution in [2.75, 3.05) is 17.5 Å². The van der Waals surface area contributed by atoms with Crippen LogP contribution in [0.25, 0.3) is 0 Å². The molecule has 2 nitrogen and oxygen atoms in total. The van der Waals surface area contributed by atoms with Crippen LogP contribution in [-0.4, -0.2) is 7.05 Å². The van der Waals surface area contributed by atoms with E-state index in [1.54, 1.807) is 0 Å². The summed E-state index contributed by atoms with van der Waals surface area (Å²) < 4.78 is 0. The standard InChI is InChI=1S/C13H13ClN2/c1-16(13-8-3-2-4-9-13)15-12-7-5-6-11(14)10-12/h2-10,15H,1H3. The molecule has 0 aliphatic rings. The highest BCUT2D eigenvalue weighted by Gasteiger charge is 1.99. The molecule has 82 valence electrons. The topological polar surface area (TPSA) is 15.3 Å². The molecule has 2 rings (SSSR count). The lowest BCUT2D eigenvalue weighted by Gasteiger charge is -2.21. The van der Waals surface area contributed by atoms with Gasteiger partial charge in [-0.2, -0.15) is 0 Å². The van der Waals surface area contributed by atoms with Crippen LogP contribution < -0.4 is 10.4 Å². The smallest absolute Gasteiger partial charge is 0.0568 e. The van der Waals surface area contributed by atoms with Crippen molar-refractivity contribution in [2.24, 2.45) is 0 Å². The summed E-state index contributed by atoms with van der Waals surface area (Å²) in [5, 5.41) is 2.68. The Balaban J connectivity index is 2.11. The molecule has 0 amide bonds. The summed E-state index contributed by atoms with van der Waals surface area (Å²) in [4.78, 5) is 0. The number of benzene rings is 2. The third-order valence-electron chi connectivity index (χ3n) is 2.26. The zero-order valence-corrected chi connectivity index (χ0v) is 9.78. The average molecular weight is 233 g/mol. The Morgan fingerprint density at radius 2 is 1.75 bits per heavy atom. The molecule has 0 heterocycles. The fraction of sp³-hybridized carbons (Fsp3) is 0.0769. The minimum absolute atomic E-state index is 0.728. The first-order valence-corrected chi connectivity index (χ1v) is 5.44. The first-order valence-electron chi connectivity index (χ1n) is 5.07. The summed E-state index contributed by atoms with van der Waals surface area (Å²) in [6.45, 7) is 0. The Labute approximate surface area is 100 Å². The predicted molar refractivity (Wildman–Crippen MR) is 69.9 cm³/mol. The number of halogens is 1. The molecule has 0 bridgehead atoms. The van der Waals surface area contributed by atoms with Gasteiger partial charge in [0, 0.05) is 12.1 Å². The molecule has 1 N–H and O–H groups in total. The molecule has 3 heteroatoms. The number of anilines is 2. The molecule has 2 aromatic carbocycles. The maximum atomic E-state index is 5.92. The second-order valence-corrected chi connectivity index (χ2v) is 3.95. The van der Waals surface area contributed by atoms with Crippen molar-refractivity contribution in [3.05, 3.63) is 59.6 Å². The number of nitrogens with one attached hydrogen (secondary N) is 1.